The van der Waals surface area contributed by atoms with Crippen LogP contribution in [0.3, 0.4) is 0 Å². The van der Waals surface area contributed by atoms with Gasteiger partial charge in [0.05, 0.1) is 18.4 Å². The summed E-state index contributed by atoms with van der Waals surface area (Å²) in [5.74, 6) is 0.989. The van der Waals surface area contributed by atoms with Gasteiger partial charge in [-0.3, -0.25) is 4.79 Å². The Labute approximate surface area is 125 Å². The van der Waals surface area contributed by atoms with E-state index in [2.05, 4.69) is 5.32 Å². The Hall–Kier alpha value is -2.23. The normalized spacial score (nSPS) is 12.2. The van der Waals surface area contributed by atoms with Crippen LogP contribution in [0.1, 0.15) is 48.5 Å². The molecular weight excluding hydrogens is 266 g/mol. The highest BCUT2D eigenvalue weighted by Gasteiger charge is 2.16. The summed E-state index contributed by atoms with van der Waals surface area (Å²) in [4.78, 5) is 12.1. The molecular formula is C17H21NO3. The number of hydrogen-bond donors (Lipinski definition) is 1. The van der Waals surface area contributed by atoms with Gasteiger partial charge in [-0.05, 0) is 51.5 Å². The minimum atomic E-state index is -0.201. The van der Waals surface area contributed by atoms with Crippen LogP contribution < -0.4 is 10.1 Å². The quantitative estimate of drug-likeness (QED) is 0.908. The third kappa shape index (κ3) is 3.88. The van der Waals surface area contributed by atoms with Gasteiger partial charge in [-0.15, -0.1) is 0 Å². The molecule has 4 heteroatoms. The van der Waals surface area contributed by atoms with Crippen molar-refractivity contribution in [3.05, 3.63) is 53.5 Å². The van der Waals surface area contributed by atoms with Crippen molar-refractivity contribution in [2.24, 2.45) is 0 Å². The van der Waals surface area contributed by atoms with Crippen molar-refractivity contribution in [3.8, 4) is 5.75 Å². The Morgan fingerprint density at radius 1 is 1.14 bits per heavy atom. The second-order valence-corrected chi connectivity index (χ2v) is 5.36. The van der Waals surface area contributed by atoms with Crippen molar-refractivity contribution in [1.82, 2.24) is 5.32 Å². The molecule has 1 unspecified atom stereocenters. The average Bonchev–Trinajstić information content (AvgIpc) is 2.85. The number of nitrogens with one attached hydrogen (secondary N) is 1. The van der Waals surface area contributed by atoms with E-state index in [1.165, 1.54) is 6.26 Å². The fourth-order valence-corrected chi connectivity index (χ4v) is 2.06. The second-order valence-electron chi connectivity index (χ2n) is 5.36. The van der Waals surface area contributed by atoms with Crippen LogP contribution in [0.25, 0.3) is 0 Å². The van der Waals surface area contributed by atoms with Gasteiger partial charge in [0.1, 0.15) is 5.75 Å². The SMILES string of the molecule is Cc1ccoc1C(=O)NC(C)c1ccc(OC(C)C)cc1. The van der Waals surface area contributed by atoms with Gasteiger partial charge in [0.25, 0.3) is 5.91 Å². The predicted molar refractivity (Wildman–Crippen MR) is 81.5 cm³/mol. The van der Waals surface area contributed by atoms with Gasteiger partial charge in [0.2, 0.25) is 0 Å². The van der Waals surface area contributed by atoms with Crippen LogP contribution in [0.2, 0.25) is 0 Å². The summed E-state index contributed by atoms with van der Waals surface area (Å²) in [6.45, 7) is 7.76. The van der Waals surface area contributed by atoms with Crippen molar-refractivity contribution >= 4 is 5.91 Å². The largest absolute Gasteiger partial charge is 0.491 e. The number of amides is 1. The lowest BCUT2D eigenvalue weighted by Crippen LogP contribution is -2.26. The topological polar surface area (TPSA) is 51.5 Å². The molecule has 4 nitrogen and oxygen atoms in total. The van der Waals surface area contributed by atoms with Gasteiger partial charge in [-0.25, -0.2) is 0 Å². The van der Waals surface area contributed by atoms with E-state index in [0.717, 1.165) is 16.9 Å². The van der Waals surface area contributed by atoms with Crippen molar-refractivity contribution in [1.29, 1.82) is 0 Å². The number of hydrogen-bond acceptors (Lipinski definition) is 3. The molecule has 2 rings (SSSR count). The Bertz CT molecular complexity index is 599. The molecule has 0 aliphatic heterocycles. The van der Waals surface area contributed by atoms with Crippen LogP contribution in [0, 0.1) is 6.92 Å². The zero-order chi connectivity index (χ0) is 15.4. The number of benzene rings is 1. The van der Waals surface area contributed by atoms with Gasteiger partial charge >= 0.3 is 0 Å². The average molecular weight is 287 g/mol. The van der Waals surface area contributed by atoms with Crippen LogP contribution in [-0.2, 0) is 0 Å². The first-order chi connectivity index (χ1) is 9.97. The van der Waals surface area contributed by atoms with Crippen LogP contribution in [0.15, 0.2) is 41.0 Å². The maximum absolute atomic E-state index is 12.1. The van der Waals surface area contributed by atoms with E-state index < -0.39 is 0 Å². The molecule has 1 amide bonds. The van der Waals surface area contributed by atoms with Crippen molar-refractivity contribution in [3.63, 3.8) is 0 Å². The van der Waals surface area contributed by atoms with E-state index in [0.29, 0.717) is 5.76 Å². The standard InChI is InChI=1S/C17H21NO3/c1-11(2)21-15-7-5-14(6-8-15)13(4)18-17(19)16-12(3)9-10-20-16/h5-11,13H,1-4H3,(H,18,19). The monoisotopic (exact) mass is 287 g/mol. The molecule has 0 radical (unpaired) electrons. The summed E-state index contributed by atoms with van der Waals surface area (Å²) in [5.41, 5.74) is 1.85. The van der Waals surface area contributed by atoms with Gasteiger partial charge in [-0.1, -0.05) is 12.1 Å². The number of carbonyl (C=O) groups is 1. The van der Waals surface area contributed by atoms with E-state index in [1.54, 1.807) is 6.07 Å². The van der Waals surface area contributed by atoms with E-state index >= 15 is 0 Å². The Morgan fingerprint density at radius 2 is 1.81 bits per heavy atom. The lowest BCUT2D eigenvalue weighted by molar-refractivity contribution is 0.0911. The Balaban J connectivity index is 2.01. The number of carbonyl (C=O) groups excluding carboxylic acids is 1. The molecule has 0 fully saturated rings. The lowest BCUT2D eigenvalue weighted by Gasteiger charge is -2.15. The molecule has 1 N–H and O–H groups in total. The highest BCUT2D eigenvalue weighted by molar-refractivity contribution is 5.93. The van der Waals surface area contributed by atoms with Crippen molar-refractivity contribution in [2.75, 3.05) is 0 Å². The maximum Gasteiger partial charge on any atom is 0.287 e. The van der Waals surface area contributed by atoms with Crippen molar-refractivity contribution < 1.29 is 13.9 Å². The van der Waals surface area contributed by atoms with Crippen molar-refractivity contribution in [2.45, 2.75) is 39.8 Å². The summed E-state index contributed by atoms with van der Waals surface area (Å²) in [6, 6.07) is 9.41. The van der Waals surface area contributed by atoms with E-state index in [1.807, 2.05) is 52.0 Å². The van der Waals surface area contributed by atoms with E-state index in [9.17, 15) is 4.79 Å². The lowest BCUT2D eigenvalue weighted by atomic mass is 10.1. The van der Waals surface area contributed by atoms with Crippen LogP contribution in [0.5, 0.6) is 5.75 Å². The molecule has 0 aliphatic carbocycles. The second kappa shape index (κ2) is 6.48. The van der Waals surface area contributed by atoms with Crippen LogP contribution in [0.4, 0.5) is 0 Å². The number of rotatable bonds is 5. The summed E-state index contributed by atoms with van der Waals surface area (Å²) in [6.07, 6.45) is 1.67. The Morgan fingerprint density at radius 3 is 2.33 bits per heavy atom. The summed E-state index contributed by atoms with van der Waals surface area (Å²) >= 11 is 0. The smallest absolute Gasteiger partial charge is 0.287 e. The first-order valence-electron chi connectivity index (χ1n) is 7.09. The predicted octanol–water partition coefficient (Wildman–Crippen LogP) is 3.87. The third-order valence-corrected chi connectivity index (χ3v) is 3.17. The maximum atomic E-state index is 12.1. The summed E-state index contributed by atoms with van der Waals surface area (Å²) < 4.78 is 10.8. The van der Waals surface area contributed by atoms with E-state index in [4.69, 9.17) is 9.15 Å². The molecule has 1 aromatic heterocycles. The molecule has 1 atom stereocenters. The molecule has 0 aliphatic rings. The number of furan rings is 1. The molecule has 112 valence electrons. The molecule has 0 bridgehead atoms. The highest BCUT2D eigenvalue weighted by atomic mass is 16.5. The van der Waals surface area contributed by atoms with Crippen LogP contribution in [-0.4, -0.2) is 12.0 Å². The first-order valence-corrected chi connectivity index (χ1v) is 7.09. The van der Waals surface area contributed by atoms with Gasteiger partial charge < -0.3 is 14.5 Å². The minimum absolute atomic E-state index is 0.102. The number of ether oxygens (including phenoxy) is 1. The highest BCUT2D eigenvalue weighted by Crippen LogP contribution is 2.19. The molecule has 0 saturated carbocycles. The molecule has 2 aromatic rings. The van der Waals surface area contributed by atoms with E-state index in [-0.39, 0.29) is 18.1 Å². The zero-order valence-corrected chi connectivity index (χ0v) is 12.8. The molecule has 0 saturated heterocycles. The summed E-state index contributed by atoms with van der Waals surface area (Å²) in [7, 11) is 0. The molecule has 1 heterocycles. The van der Waals surface area contributed by atoms with Gasteiger partial charge in [0, 0.05) is 5.56 Å². The summed E-state index contributed by atoms with van der Waals surface area (Å²) in [5, 5.41) is 2.93. The Kier molecular flexibility index (Phi) is 4.68. The molecule has 0 spiro atoms. The fraction of sp³-hybridized carbons (Fsp3) is 0.353. The van der Waals surface area contributed by atoms with Gasteiger partial charge in [0.15, 0.2) is 5.76 Å². The molecule has 21 heavy (non-hydrogen) atoms. The first kappa shape index (κ1) is 15.2. The minimum Gasteiger partial charge on any atom is -0.491 e. The third-order valence-electron chi connectivity index (χ3n) is 3.17. The fourth-order valence-electron chi connectivity index (χ4n) is 2.06. The van der Waals surface area contributed by atoms with Gasteiger partial charge in [-0.2, -0.15) is 0 Å². The number of aryl methyl sites for hydroxylation is 1. The molecule has 1 aromatic carbocycles. The van der Waals surface area contributed by atoms with Crippen LogP contribution >= 0.6 is 0 Å². The zero-order valence-electron chi connectivity index (χ0n) is 12.8.